The number of aromatic nitrogens is 6. The number of likely N-dealkylation sites (tertiary alicyclic amines) is 1. The van der Waals surface area contributed by atoms with Gasteiger partial charge in [0.25, 0.3) is 12.0 Å². The van der Waals surface area contributed by atoms with E-state index in [1.54, 1.807) is 21.7 Å². The Labute approximate surface area is 270 Å². The molecule has 5 heterocycles. The number of rotatable bonds is 12. The van der Waals surface area contributed by atoms with Crippen LogP contribution in [0.3, 0.4) is 0 Å². The first-order chi connectivity index (χ1) is 21.9. The second-order valence-corrected chi connectivity index (χ2v) is 21.2. The summed E-state index contributed by atoms with van der Waals surface area (Å²) >= 11 is 1.13. The van der Waals surface area contributed by atoms with Gasteiger partial charge in [0.05, 0.1) is 28.1 Å². The maximum absolute atomic E-state index is 13.6. The molecule has 17 heteroatoms. The van der Waals surface area contributed by atoms with E-state index in [4.69, 9.17) is 4.74 Å². The van der Waals surface area contributed by atoms with Gasteiger partial charge in [0.2, 0.25) is 16.0 Å². The summed E-state index contributed by atoms with van der Waals surface area (Å²) < 4.78 is 61.4. The van der Waals surface area contributed by atoms with Crippen LogP contribution in [-0.2, 0) is 21.5 Å². The number of hydrogen-bond acceptors (Lipinski definition) is 10. The number of carbonyl (C=O) groups is 1. The van der Waals surface area contributed by atoms with Crippen molar-refractivity contribution in [1.29, 1.82) is 0 Å². The molecule has 0 spiro atoms. The quantitative estimate of drug-likeness (QED) is 0.145. The third-order valence-electron chi connectivity index (χ3n) is 7.76. The molecule has 1 amide bonds. The highest BCUT2D eigenvalue weighted by Gasteiger charge is 2.37. The number of thiazole rings is 1. The van der Waals surface area contributed by atoms with E-state index in [-0.39, 0.29) is 40.7 Å². The van der Waals surface area contributed by atoms with E-state index in [0.717, 1.165) is 29.9 Å². The van der Waals surface area contributed by atoms with E-state index in [1.807, 2.05) is 0 Å². The van der Waals surface area contributed by atoms with Gasteiger partial charge in [-0.3, -0.25) is 9.52 Å². The molecule has 1 N–H and O–H groups in total. The van der Waals surface area contributed by atoms with Crippen LogP contribution in [0.5, 0.6) is 0 Å². The van der Waals surface area contributed by atoms with Crippen LogP contribution in [-0.4, -0.2) is 75.2 Å². The second kappa shape index (κ2) is 12.8. The lowest BCUT2D eigenvalue weighted by Crippen LogP contribution is -2.31. The molecule has 2 fully saturated rings. The van der Waals surface area contributed by atoms with Crippen LogP contribution >= 0.6 is 11.3 Å². The predicted molar refractivity (Wildman–Crippen MR) is 174 cm³/mol. The van der Waals surface area contributed by atoms with Gasteiger partial charge in [0.1, 0.15) is 17.9 Å². The Morgan fingerprint density at radius 2 is 1.96 bits per heavy atom. The third kappa shape index (κ3) is 7.32. The van der Waals surface area contributed by atoms with Gasteiger partial charge in [-0.25, -0.2) is 33.3 Å². The summed E-state index contributed by atoms with van der Waals surface area (Å²) in [6.07, 6.45) is 7.61. The van der Waals surface area contributed by atoms with Crippen LogP contribution in [0.25, 0.3) is 27.8 Å². The van der Waals surface area contributed by atoms with Crippen LogP contribution in [0.15, 0.2) is 36.9 Å². The molecule has 2 aliphatic rings. The summed E-state index contributed by atoms with van der Waals surface area (Å²) in [5.74, 6) is -0.306. The van der Waals surface area contributed by atoms with Crippen LogP contribution < -0.4 is 4.72 Å². The maximum Gasteiger partial charge on any atom is 0.283 e. The smallest absolute Gasteiger partial charge is 0.283 e. The summed E-state index contributed by atoms with van der Waals surface area (Å²) in [6.45, 7) is 7.96. The van der Waals surface area contributed by atoms with E-state index in [2.05, 4.69) is 49.3 Å². The number of anilines is 1. The Kier molecular flexibility index (Phi) is 9.01. The second-order valence-electron chi connectivity index (χ2n) is 12.6. The fourth-order valence-electron chi connectivity index (χ4n) is 5.19. The molecule has 4 aromatic heterocycles. The molecule has 1 aliphatic heterocycles. The number of ether oxygens (including phenoxy) is 1. The molecule has 0 radical (unpaired) electrons. The highest BCUT2D eigenvalue weighted by molar-refractivity contribution is 7.93. The lowest BCUT2D eigenvalue weighted by Gasteiger charge is -2.23. The molecule has 1 unspecified atom stereocenters. The number of hydrogen-bond donors (Lipinski definition) is 1. The monoisotopic (exact) mass is 688 g/mol. The average molecular weight is 689 g/mol. The Morgan fingerprint density at radius 1 is 1.15 bits per heavy atom. The van der Waals surface area contributed by atoms with Crippen LogP contribution in [0.4, 0.5) is 14.7 Å². The molecular weight excluding hydrogens is 655 g/mol. The number of sulfonamides is 1. The Bertz CT molecular complexity index is 1900. The van der Waals surface area contributed by atoms with Gasteiger partial charge < -0.3 is 14.2 Å². The fourth-order valence-corrected chi connectivity index (χ4v) is 8.05. The molecule has 1 saturated carbocycles. The summed E-state index contributed by atoms with van der Waals surface area (Å²) in [4.78, 5) is 37.9. The number of carbonyl (C=O) groups excluding carboxylic acids is 1. The van der Waals surface area contributed by atoms with Crippen molar-refractivity contribution in [3.63, 3.8) is 0 Å². The van der Waals surface area contributed by atoms with E-state index < -0.39 is 29.4 Å². The molecule has 244 valence electrons. The molecule has 12 nitrogen and oxygen atoms in total. The van der Waals surface area contributed by atoms with Gasteiger partial charge in [-0.1, -0.05) is 19.6 Å². The van der Waals surface area contributed by atoms with Crippen molar-refractivity contribution in [2.75, 3.05) is 17.9 Å². The van der Waals surface area contributed by atoms with Crippen molar-refractivity contribution in [2.24, 2.45) is 0 Å². The molecule has 1 atom stereocenters. The van der Waals surface area contributed by atoms with Crippen molar-refractivity contribution in [3.8, 4) is 10.6 Å². The minimum atomic E-state index is -3.53. The van der Waals surface area contributed by atoms with Crippen LogP contribution in [0.1, 0.15) is 52.8 Å². The third-order valence-corrected chi connectivity index (χ3v) is 12.3. The lowest BCUT2D eigenvalue weighted by molar-refractivity contribution is 0.0732. The van der Waals surface area contributed by atoms with Gasteiger partial charge in [0, 0.05) is 51.5 Å². The summed E-state index contributed by atoms with van der Waals surface area (Å²) in [5.41, 5.74) is 1.85. The number of halogens is 2. The van der Waals surface area contributed by atoms with Crippen LogP contribution in [0.2, 0.25) is 25.7 Å². The Morgan fingerprint density at radius 3 is 2.70 bits per heavy atom. The fraction of sp³-hybridized carbons (Fsp3) is 0.448. The number of nitrogens with one attached hydrogen (secondary N) is 1. The van der Waals surface area contributed by atoms with Crippen LogP contribution in [0, 0.1) is 0 Å². The minimum absolute atomic E-state index is 0.0111. The predicted octanol–water partition coefficient (Wildman–Crippen LogP) is 5.78. The zero-order chi connectivity index (χ0) is 32.6. The van der Waals surface area contributed by atoms with E-state index in [1.165, 1.54) is 18.6 Å². The van der Waals surface area contributed by atoms with Crippen molar-refractivity contribution in [3.05, 3.63) is 53.2 Å². The van der Waals surface area contributed by atoms with Gasteiger partial charge in [-0.2, -0.15) is 8.78 Å². The first kappa shape index (κ1) is 32.3. The molecule has 46 heavy (non-hydrogen) atoms. The number of fused-ring (bicyclic) bond motifs is 1. The highest BCUT2D eigenvalue weighted by atomic mass is 32.2. The minimum Gasteiger partial charge on any atom is -0.361 e. The summed E-state index contributed by atoms with van der Waals surface area (Å²) in [7, 11) is -4.82. The lowest BCUT2D eigenvalue weighted by atomic mass is 10.1. The number of amides is 1. The molecule has 6 rings (SSSR count). The number of nitrogens with zero attached hydrogens (tertiary/aromatic N) is 7. The standard InChI is InChI=1S/C29H34F2N8O4S2Si/c1-46(2,3)12-11-43-17-38-16-18(13-24(30)31)25-26(38)33-14-21(35-25)23-15-34-27(44-23)28(40)39-10-4-5-22(39)20-8-9-32-29(36-20)37-45(41,42)19-6-7-19/h8-9,13-16,19,22H,4-7,10-12,17H2,1-3H3,(H,32,36,37). The van der Waals surface area contributed by atoms with E-state index in [0.29, 0.717) is 54.3 Å². The Hall–Kier alpha value is -3.67. The first-order valence-electron chi connectivity index (χ1n) is 15.0. The molecule has 1 saturated heterocycles. The van der Waals surface area contributed by atoms with Crippen molar-refractivity contribution >= 4 is 58.5 Å². The molecule has 4 aromatic rings. The first-order valence-corrected chi connectivity index (χ1v) is 21.0. The molecule has 1 aliphatic carbocycles. The zero-order valence-corrected chi connectivity index (χ0v) is 28.2. The SMILES string of the molecule is C[Si](C)(C)CCOCn1cc(C=C(F)F)c2nc(-c3cnc(C(=O)N4CCCC4c4ccnc(NS(=O)(=O)C5CC5)n4)s3)cnc21. The van der Waals surface area contributed by atoms with Gasteiger partial charge in [-0.15, -0.1) is 11.3 Å². The van der Waals surface area contributed by atoms with Crippen molar-refractivity contribution < 1.29 is 26.7 Å². The van der Waals surface area contributed by atoms with E-state index >= 15 is 0 Å². The summed E-state index contributed by atoms with van der Waals surface area (Å²) in [6, 6.07) is 2.28. The molecule has 0 aromatic carbocycles. The highest BCUT2D eigenvalue weighted by Crippen LogP contribution is 2.35. The van der Waals surface area contributed by atoms with Crippen molar-refractivity contribution in [2.45, 2.75) is 69.4 Å². The maximum atomic E-state index is 13.6. The average Bonchev–Trinajstić information content (AvgIpc) is 3.41. The van der Waals surface area contributed by atoms with Gasteiger partial charge in [0.15, 0.2) is 10.7 Å². The van der Waals surface area contributed by atoms with E-state index in [9.17, 15) is 22.0 Å². The zero-order valence-electron chi connectivity index (χ0n) is 25.6. The van der Waals surface area contributed by atoms with Gasteiger partial charge in [-0.05, 0) is 37.8 Å². The Balaban J connectivity index is 1.21. The van der Waals surface area contributed by atoms with Gasteiger partial charge >= 0.3 is 0 Å². The summed E-state index contributed by atoms with van der Waals surface area (Å²) in [5, 5.41) is -0.184. The largest absolute Gasteiger partial charge is 0.361 e. The topological polar surface area (TPSA) is 145 Å². The van der Waals surface area contributed by atoms with Crippen molar-refractivity contribution in [1.82, 2.24) is 34.4 Å². The normalized spacial score (nSPS) is 17.1. The molecule has 0 bridgehead atoms. The molecular formula is C29H34F2N8O4S2Si.